The second-order valence-corrected chi connectivity index (χ2v) is 4.95. The molecule has 0 radical (unpaired) electrons. The van der Waals surface area contributed by atoms with E-state index in [-0.39, 0.29) is 26.1 Å². The summed E-state index contributed by atoms with van der Waals surface area (Å²) in [6.45, 7) is 1.37. The van der Waals surface area contributed by atoms with Gasteiger partial charge in [-0.15, -0.1) is 0 Å². The molecular formula is C8H16O4S. The maximum absolute atomic E-state index is 10.8. The topological polar surface area (TPSA) is 68.3 Å². The van der Waals surface area contributed by atoms with Crippen LogP contribution < -0.4 is 0 Å². The predicted octanol–water partition coefficient (Wildman–Crippen LogP) is 0.605. The Balaban J connectivity index is 0. The fourth-order valence-corrected chi connectivity index (χ4v) is 1.41. The third-order valence-corrected chi connectivity index (χ3v) is 2.03. The van der Waals surface area contributed by atoms with Crippen molar-refractivity contribution in [1.82, 2.24) is 0 Å². The van der Waals surface area contributed by atoms with Gasteiger partial charge in [0.25, 0.3) is 0 Å². The van der Waals surface area contributed by atoms with Gasteiger partial charge in [0.15, 0.2) is 9.84 Å². The van der Waals surface area contributed by atoms with Gasteiger partial charge in [0.2, 0.25) is 0 Å². The van der Waals surface area contributed by atoms with E-state index in [0.29, 0.717) is 0 Å². The molecule has 0 fully saturated rings. The van der Waals surface area contributed by atoms with Crippen molar-refractivity contribution >= 4 is 21.4 Å². The molecule has 4 nitrogen and oxygen atoms in total. The molecule has 0 aromatic carbocycles. The first-order valence-corrected chi connectivity index (χ1v) is 5.56. The molecule has 0 aliphatic carbocycles. The van der Waals surface area contributed by atoms with Crippen LogP contribution in [0.1, 0.15) is 27.2 Å². The van der Waals surface area contributed by atoms with Crippen LogP contribution in [0, 0.1) is 0 Å². The standard InChI is InChI=1S/C7H12O4S.CH4/c1-6(8)3-4-7(9)5-12(2,10)11;/h3-5H2,1-2H3;1H4. The van der Waals surface area contributed by atoms with Crippen molar-refractivity contribution in [2.45, 2.75) is 27.2 Å². The molecule has 13 heavy (non-hydrogen) atoms. The lowest BCUT2D eigenvalue weighted by Crippen LogP contribution is -2.14. The SMILES string of the molecule is C.CC(=O)CCC(=O)CS(C)(=O)=O. The van der Waals surface area contributed by atoms with Crippen LogP contribution in [0.2, 0.25) is 0 Å². The fourth-order valence-electron chi connectivity index (χ4n) is 0.680. The Kier molecular flexibility index (Phi) is 6.66. The van der Waals surface area contributed by atoms with Gasteiger partial charge >= 0.3 is 0 Å². The van der Waals surface area contributed by atoms with Crippen LogP contribution in [-0.4, -0.2) is 32.0 Å². The van der Waals surface area contributed by atoms with E-state index in [2.05, 4.69) is 0 Å². The van der Waals surface area contributed by atoms with Crippen LogP contribution in [0.25, 0.3) is 0 Å². The van der Waals surface area contributed by atoms with Crippen molar-refractivity contribution in [2.75, 3.05) is 12.0 Å². The normalized spacial score (nSPS) is 10.3. The van der Waals surface area contributed by atoms with E-state index in [1.807, 2.05) is 0 Å². The Morgan fingerprint density at radius 3 is 1.92 bits per heavy atom. The van der Waals surface area contributed by atoms with E-state index in [0.717, 1.165) is 6.26 Å². The summed E-state index contributed by atoms with van der Waals surface area (Å²) in [6, 6.07) is 0. The third-order valence-electron chi connectivity index (χ3n) is 1.18. The molecule has 0 heterocycles. The van der Waals surface area contributed by atoms with Crippen LogP contribution in [0.15, 0.2) is 0 Å². The van der Waals surface area contributed by atoms with Crippen molar-refractivity contribution < 1.29 is 18.0 Å². The van der Waals surface area contributed by atoms with Crippen LogP contribution >= 0.6 is 0 Å². The zero-order valence-corrected chi connectivity index (χ0v) is 7.98. The summed E-state index contributed by atoms with van der Waals surface area (Å²) in [5, 5.41) is 0. The lowest BCUT2D eigenvalue weighted by molar-refractivity contribution is -0.121. The molecule has 0 atom stereocenters. The van der Waals surface area contributed by atoms with Gasteiger partial charge in [-0.2, -0.15) is 0 Å². The number of rotatable bonds is 5. The van der Waals surface area contributed by atoms with E-state index in [1.165, 1.54) is 6.92 Å². The fraction of sp³-hybridized carbons (Fsp3) is 0.750. The number of hydrogen-bond donors (Lipinski definition) is 0. The van der Waals surface area contributed by atoms with Crippen molar-refractivity contribution in [2.24, 2.45) is 0 Å². The van der Waals surface area contributed by atoms with E-state index in [9.17, 15) is 18.0 Å². The first-order chi connectivity index (χ1) is 5.31. The summed E-state index contributed by atoms with van der Waals surface area (Å²) in [6.07, 6.45) is 1.16. The molecule has 0 aromatic heterocycles. The largest absolute Gasteiger partial charge is 0.300 e. The number of hydrogen-bond acceptors (Lipinski definition) is 4. The van der Waals surface area contributed by atoms with Gasteiger partial charge in [-0.05, 0) is 6.92 Å². The second kappa shape index (κ2) is 5.85. The molecular weight excluding hydrogens is 192 g/mol. The number of Topliss-reactive ketones (excluding diaryl/α,β-unsaturated/α-hetero) is 2. The quantitative estimate of drug-likeness (QED) is 0.663. The molecule has 0 aliphatic heterocycles. The van der Waals surface area contributed by atoms with Crippen molar-refractivity contribution in [3.8, 4) is 0 Å². The second-order valence-electron chi connectivity index (χ2n) is 2.81. The smallest absolute Gasteiger partial charge is 0.154 e. The highest BCUT2D eigenvalue weighted by Gasteiger charge is 2.10. The van der Waals surface area contributed by atoms with Crippen molar-refractivity contribution in [1.29, 1.82) is 0 Å². The zero-order chi connectivity index (χ0) is 9.78. The van der Waals surface area contributed by atoms with Crippen molar-refractivity contribution in [3.05, 3.63) is 0 Å². The van der Waals surface area contributed by atoms with Crippen molar-refractivity contribution in [3.63, 3.8) is 0 Å². The van der Waals surface area contributed by atoms with Gasteiger partial charge in [0.1, 0.15) is 17.3 Å². The Hall–Kier alpha value is -0.710. The Morgan fingerprint density at radius 1 is 1.15 bits per heavy atom. The van der Waals surface area contributed by atoms with E-state index < -0.39 is 21.4 Å². The molecule has 0 saturated heterocycles. The summed E-state index contributed by atoms with van der Waals surface area (Å²) in [7, 11) is -3.23. The van der Waals surface area contributed by atoms with Crippen LogP contribution in [0.4, 0.5) is 0 Å². The lowest BCUT2D eigenvalue weighted by atomic mass is 10.2. The summed E-state index contributed by atoms with van der Waals surface area (Å²) in [5.74, 6) is -0.954. The molecule has 0 aliphatic rings. The molecule has 0 aromatic rings. The minimum atomic E-state index is -3.23. The van der Waals surface area contributed by atoms with E-state index in [1.54, 1.807) is 0 Å². The summed E-state index contributed by atoms with van der Waals surface area (Å²) >= 11 is 0. The highest BCUT2D eigenvalue weighted by molar-refractivity contribution is 7.91. The maximum atomic E-state index is 10.8. The molecule has 0 rings (SSSR count). The first-order valence-electron chi connectivity index (χ1n) is 3.50. The van der Waals surface area contributed by atoms with Gasteiger partial charge in [0, 0.05) is 19.1 Å². The Labute approximate surface area is 79.2 Å². The Morgan fingerprint density at radius 2 is 1.62 bits per heavy atom. The molecule has 0 N–H and O–H groups in total. The molecule has 0 amide bonds. The lowest BCUT2D eigenvalue weighted by Gasteiger charge is -1.96. The van der Waals surface area contributed by atoms with Crippen LogP contribution in [0.3, 0.4) is 0 Å². The third kappa shape index (κ3) is 11.3. The maximum Gasteiger partial charge on any atom is 0.154 e. The molecule has 78 valence electrons. The highest BCUT2D eigenvalue weighted by Crippen LogP contribution is 1.95. The minimum Gasteiger partial charge on any atom is -0.300 e. The predicted molar refractivity (Wildman–Crippen MR) is 51.4 cm³/mol. The first kappa shape index (κ1) is 14.8. The average Bonchev–Trinajstić information content (AvgIpc) is 1.79. The summed E-state index contributed by atoms with van der Waals surface area (Å²) < 4.78 is 21.2. The number of carbonyl (C=O) groups is 2. The number of sulfone groups is 1. The van der Waals surface area contributed by atoms with Gasteiger partial charge in [-0.1, -0.05) is 7.43 Å². The molecule has 0 bridgehead atoms. The number of ketones is 2. The number of carbonyl (C=O) groups excluding carboxylic acids is 2. The average molecular weight is 208 g/mol. The monoisotopic (exact) mass is 208 g/mol. The molecule has 0 unspecified atom stereocenters. The van der Waals surface area contributed by atoms with Crippen LogP contribution in [0.5, 0.6) is 0 Å². The highest BCUT2D eigenvalue weighted by atomic mass is 32.2. The minimum absolute atomic E-state index is 0. The summed E-state index contributed by atoms with van der Waals surface area (Å²) in [4.78, 5) is 21.2. The molecule has 0 spiro atoms. The van der Waals surface area contributed by atoms with Gasteiger partial charge < -0.3 is 4.79 Å². The zero-order valence-electron chi connectivity index (χ0n) is 7.16. The van der Waals surface area contributed by atoms with E-state index >= 15 is 0 Å². The van der Waals surface area contributed by atoms with Gasteiger partial charge in [-0.3, -0.25) is 4.79 Å². The van der Waals surface area contributed by atoms with Crippen LogP contribution in [-0.2, 0) is 19.4 Å². The Bertz CT molecular complexity index is 277. The van der Waals surface area contributed by atoms with Gasteiger partial charge in [0.05, 0.1) is 0 Å². The summed E-state index contributed by atoms with van der Waals surface area (Å²) in [5.41, 5.74) is 0. The van der Waals surface area contributed by atoms with E-state index in [4.69, 9.17) is 0 Å². The molecule has 5 heteroatoms. The molecule has 0 saturated carbocycles. The van der Waals surface area contributed by atoms with Gasteiger partial charge in [-0.25, -0.2) is 8.42 Å².